The molecule has 2 aromatic rings. The third kappa shape index (κ3) is 4.72. The van der Waals surface area contributed by atoms with Crippen LogP contribution < -0.4 is 10.6 Å². The van der Waals surface area contributed by atoms with Crippen LogP contribution in [0.15, 0.2) is 60.7 Å². The van der Waals surface area contributed by atoms with Gasteiger partial charge in [0.15, 0.2) is 0 Å². The van der Waals surface area contributed by atoms with Crippen LogP contribution in [0.4, 0.5) is 0 Å². The molecule has 0 atom stereocenters. The van der Waals surface area contributed by atoms with Crippen LogP contribution in [0.3, 0.4) is 0 Å². The van der Waals surface area contributed by atoms with Crippen LogP contribution in [0, 0.1) is 0 Å². The summed E-state index contributed by atoms with van der Waals surface area (Å²) in [5, 5.41) is 6.25. The molecule has 0 saturated carbocycles. The first kappa shape index (κ1) is 15.3. The molecule has 3 nitrogen and oxygen atoms in total. The molecule has 0 saturated heterocycles. The Bertz CT molecular complexity index is 512. The molecule has 0 radical (unpaired) electrons. The van der Waals surface area contributed by atoms with Gasteiger partial charge < -0.3 is 10.6 Å². The molecule has 21 heavy (non-hydrogen) atoms. The maximum absolute atomic E-state index is 12.1. The van der Waals surface area contributed by atoms with Crippen molar-refractivity contribution in [3.63, 3.8) is 0 Å². The van der Waals surface area contributed by atoms with E-state index in [4.69, 9.17) is 0 Å². The van der Waals surface area contributed by atoms with Gasteiger partial charge in [-0.1, -0.05) is 74.5 Å². The number of hydrogen-bond acceptors (Lipinski definition) is 2. The van der Waals surface area contributed by atoms with Gasteiger partial charge in [-0.25, -0.2) is 0 Å². The zero-order chi connectivity index (χ0) is 15.1. The molecule has 0 bridgehead atoms. The van der Waals surface area contributed by atoms with Crippen molar-refractivity contribution < 1.29 is 4.79 Å². The predicted octanol–water partition coefficient (Wildman–Crippen LogP) is 2.89. The van der Waals surface area contributed by atoms with Crippen molar-refractivity contribution in [2.45, 2.75) is 25.9 Å². The highest BCUT2D eigenvalue weighted by Gasteiger charge is 2.16. The Labute approximate surface area is 126 Å². The van der Waals surface area contributed by atoms with Crippen LogP contribution in [0.25, 0.3) is 0 Å². The largest absolute Gasteiger partial charge is 0.344 e. The smallest absolute Gasteiger partial charge is 0.234 e. The number of benzene rings is 2. The lowest BCUT2D eigenvalue weighted by Crippen LogP contribution is -2.39. The zero-order valence-corrected chi connectivity index (χ0v) is 12.5. The average Bonchev–Trinajstić information content (AvgIpc) is 2.52. The Morgan fingerprint density at radius 2 is 1.38 bits per heavy atom. The van der Waals surface area contributed by atoms with Crippen molar-refractivity contribution in [2.75, 3.05) is 6.54 Å². The van der Waals surface area contributed by atoms with E-state index in [1.165, 1.54) is 0 Å². The van der Waals surface area contributed by atoms with Gasteiger partial charge in [0.25, 0.3) is 0 Å². The molecule has 0 unspecified atom stereocenters. The highest BCUT2D eigenvalue weighted by molar-refractivity contribution is 5.79. The molecule has 0 aliphatic rings. The van der Waals surface area contributed by atoms with Gasteiger partial charge in [-0.15, -0.1) is 0 Å². The van der Waals surface area contributed by atoms with Crippen molar-refractivity contribution in [1.82, 2.24) is 10.6 Å². The lowest BCUT2D eigenvalue weighted by molar-refractivity contribution is -0.120. The fourth-order valence-corrected chi connectivity index (χ4v) is 2.16. The summed E-state index contributed by atoms with van der Waals surface area (Å²) in [6.45, 7) is 4.38. The molecule has 0 aliphatic carbocycles. The summed E-state index contributed by atoms with van der Waals surface area (Å²) in [4.78, 5) is 12.1. The monoisotopic (exact) mass is 282 g/mol. The topological polar surface area (TPSA) is 41.1 Å². The molecular formula is C18H22N2O. The fraction of sp³-hybridized carbons (Fsp3) is 0.278. The van der Waals surface area contributed by atoms with Crippen molar-refractivity contribution in [2.24, 2.45) is 0 Å². The lowest BCUT2D eigenvalue weighted by atomic mass is 9.99. The number of rotatable bonds is 6. The first-order chi connectivity index (χ1) is 10.2. The van der Waals surface area contributed by atoms with E-state index in [2.05, 4.69) is 10.6 Å². The first-order valence-electron chi connectivity index (χ1n) is 7.29. The SMILES string of the molecule is CC(C)NCC(=O)NC(c1ccccc1)c1ccccc1. The normalized spacial score (nSPS) is 10.9. The second kappa shape index (κ2) is 7.60. The predicted molar refractivity (Wildman–Crippen MR) is 86.0 cm³/mol. The van der Waals surface area contributed by atoms with E-state index in [9.17, 15) is 4.79 Å². The van der Waals surface area contributed by atoms with Gasteiger partial charge in [-0.2, -0.15) is 0 Å². The Morgan fingerprint density at radius 1 is 0.905 bits per heavy atom. The van der Waals surface area contributed by atoms with Crippen molar-refractivity contribution in [3.05, 3.63) is 71.8 Å². The van der Waals surface area contributed by atoms with Gasteiger partial charge in [0.05, 0.1) is 12.6 Å². The van der Waals surface area contributed by atoms with E-state index < -0.39 is 0 Å². The van der Waals surface area contributed by atoms with Gasteiger partial charge in [0, 0.05) is 6.04 Å². The second-order valence-corrected chi connectivity index (χ2v) is 5.36. The van der Waals surface area contributed by atoms with Crippen molar-refractivity contribution >= 4 is 5.91 Å². The number of carbonyl (C=O) groups is 1. The lowest BCUT2D eigenvalue weighted by Gasteiger charge is -2.20. The Morgan fingerprint density at radius 3 is 1.81 bits per heavy atom. The Kier molecular flexibility index (Phi) is 5.52. The van der Waals surface area contributed by atoms with E-state index in [1.807, 2.05) is 74.5 Å². The summed E-state index contributed by atoms with van der Waals surface area (Å²) in [5.74, 6) is 0.00130. The highest BCUT2D eigenvalue weighted by Crippen LogP contribution is 2.21. The number of amides is 1. The molecule has 110 valence electrons. The van der Waals surface area contributed by atoms with Gasteiger partial charge in [0.1, 0.15) is 0 Å². The summed E-state index contributed by atoms with van der Waals surface area (Å²) in [5.41, 5.74) is 2.17. The van der Waals surface area contributed by atoms with E-state index in [0.29, 0.717) is 12.6 Å². The molecule has 2 aromatic carbocycles. The summed E-state index contributed by atoms with van der Waals surface area (Å²) in [6, 6.07) is 20.2. The van der Waals surface area contributed by atoms with Gasteiger partial charge in [0.2, 0.25) is 5.91 Å². The fourth-order valence-electron chi connectivity index (χ4n) is 2.16. The zero-order valence-electron chi connectivity index (χ0n) is 12.5. The molecule has 2 rings (SSSR count). The van der Waals surface area contributed by atoms with Crippen molar-refractivity contribution in [3.8, 4) is 0 Å². The van der Waals surface area contributed by atoms with Crippen LogP contribution >= 0.6 is 0 Å². The molecule has 0 aliphatic heterocycles. The third-order valence-electron chi connectivity index (χ3n) is 3.24. The van der Waals surface area contributed by atoms with E-state index in [0.717, 1.165) is 11.1 Å². The minimum atomic E-state index is -0.117. The molecule has 2 N–H and O–H groups in total. The molecule has 3 heteroatoms. The number of hydrogen-bond donors (Lipinski definition) is 2. The molecule has 0 fully saturated rings. The Hall–Kier alpha value is -2.13. The molecule has 0 spiro atoms. The van der Waals surface area contributed by atoms with Crippen LogP contribution in [0.2, 0.25) is 0 Å². The molecule has 0 heterocycles. The van der Waals surface area contributed by atoms with Crippen LogP contribution in [0.1, 0.15) is 31.0 Å². The number of nitrogens with one attached hydrogen (secondary N) is 2. The molecular weight excluding hydrogens is 260 g/mol. The maximum atomic E-state index is 12.1. The summed E-state index contributed by atoms with van der Waals surface area (Å²) in [6.07, 6.45) is 0. The second-order valence-electron chi connectivity index (χ2n) is 5.36. The summed E-state index contributed by atoms with van der Waals surface area (Å²) < 4.78 is 0. The molecule has 1 amide bonds. The van der Waals surface area contributed by atoms with Crippen LogP contribution in [-0.4, -0.2) is 18.5 Å². The van der Waals surface area contributed by atoms with Crippen LogP contribution in [0.5, 0.6) is 0 Å². The number of carbonyl (C=O) groups excluding carboxylic acids is 1. The molecule has 0 aromatic heterocycles. The quantitative estimate of drug-likeness (QED) is 0.855. The highest BCUT2D eigenvalue weighted by atomic mass is 16.1. The Balaban J connectivity index is 2.16. The summed E-state index contributed by atoms with van der Waals surface area (Å²) >= 11 is 0. The van der Waals surface area contributed by atoms with Crippen LogP contribution in [-0.2, 0) is 4.79 Å². The average molecular weight is 282 g/mol. The third-order valence-corrected chi connectivity index (χ3v) is 3.24. The van der Waals surface area contributed by atoms with E-state index >= 15 is 0 Å². The first-order valence-corrected chi connectivity index (χ1v) is 7.29. The van der Waals surface area contributed by atoms with Gasteiger partial charge in [-0.3, -0.25) is 4.79 Å². The van der Waals surface area contributed by atoms with Gasteiger partial charge in [-0.05, 0) is 11.1 Å². The maximum Gasteiger partial charge on any atom is 0.234 e. The van der Waals surface area contributed by atoms with E-state index in [-0.39, 0.29) is 11.9 Å². The van der Waals surface area contributed by atoms with Gasteiger partial charge >= 0.3 is 0 Å². The standard InChI is InChI=1S/C18H22N2O/c1-14(2)19-13-17(21)20-18(15-9-5-3-6-10-15)16-11-7-4-8-12-16/h3-12,14,18-19H,13H2,1-2H3,(H,20,21). The van der Waals surface area contributed by atoms with Crippen molar-refractivity contribution in [1.29, 1.82) is 0 Å². The summed E-state index contributed by atoms with van der Waals surface area (Å²) in [7, 11) is 0. The van der Waals surface area contributed by atoms with E-state index in [1.54, 1.807) is 0 Å². The minimum Gasteiger partial charge on any atom is -0.344 e. The minimum absolute atomic E-state index is 0.00130.